The minimum atomic E-state index is 0. The van der Waals surface area contributed by atoms with Gasteiger partial charge < -0.3 is 19.7 Å². The lowest BCUT2D eigenvalue weighted by Gasteiger charge is -2.36. The predicted molar refractivity (Wildman–Crippen MR) is 124 cm³/mol. The van der Waals surface area contributed by atoms with E-state index in [0.29, 0.717) is 6.54 Å². The number of aromatic nitrogens is 5. The third kappa shape index (κ3) is 5.75. The van der Waals surface area contributed by atoms with Crippen LogP contribution in [0.2, 0.25) is 0 Å². The molecule has 0 aliphatic carbocycles. The number of hydrogen-bond donors (Lipinski definition) is 1. The molecule has 3 rings (SSSR count). The first-order valence-corrected chi connectivity index (χ1v) is 10.5. The maximum Gasteiger partial charge on any atom is 0.205 e. The van der Waals surface area contributed by atoms with Gasteiger partial charge in [0, 0.05) is 63.6 Å². The van der Waals surface area contributed by atoms with Crippen LogP contribution in [-0.4, -0.2) is 74.2 Å². The van der Waals surface area contributed by atoms with E-state index in [2.05, 4.69) is 60.0 Å². The van der Waals surface area contributed by atoms with Crippen molar-refractivity contribution in [3.05, 3.63) is 18.0 Å². The van der Waals surface area contributed by atoms with Gasteiger partial charge in [0.1, 0.15) is 18.0 Å². The van der Waals surface area contributed by atoms with Crippen molar-refractivity contribution in [1.82, 2.24) is 34.3 Å². The SMILES string of the molecule is CCNC(=NCCn1cnnc1CC)N1CCN(c2nc(CC)ns2)CC1.I. The lowest BCUT2D eigenvalue weighted by molar-refractivity contribution is 0.372. The molecule has 1 fully saturated rings. The first-order valence-electron chi connectivity index (χ1n) is 9.72. The Kier molecular flexibility index (Phi) is 9.35. The fourth-order valence-electron chi connectivity index (χ4n) is 3.06. The molecular formula is C17H30IN9S. The lowest BCUT2D eigenvalue weighted by atomic mass is 10.3. The van der Waals surface area contributed by atoms with E-state index in [1.807, 2.05) is 0 Å². The molecule has 1 N–H and O–H groups in total. The molecule has 2 aromatic rings. The van der Waals surface area contributed by atoms with Crippen molar-refractivity contribution in [2.45, 2.75) is 40.2 Å². The molecule has 9 nitrogen and oxygen atoms in total. The number of rotatable bonds is 7. The normalized spacial score (nSPS) is 14.9. The number of guanidine groups is 1. The Hall–Kier alpha value is -1.50. The van der Waals surface area contributed by atoms with Crippen molar-refractivity contribution in [3.8, 4) is 0 Å². The van der Waals surface area contributed by atoms with Crippen LogP contribution in [0.15, 0.2) is 11.3 Å². The minimum Gasteiger partial charge on any atom is -0.357 e. The zero-order valence-electron chi connectivity index (χ0n) is 16.8. The Bertz CT molecular complexity index is 737. The Morgan fingerprint density at radius 3 is 2.61 bits per heavy atom. The summed E-state index contributed by atoms with van der Waals surface area (Å²) < 4.78 is 6.47. The predicted octanol–water partition coefficient (Wildman–Crippen LogP) is 1.66. The van der Waals surface area contributed by atoms with Gasteiger partial charge in [-0.2, -0.15) is 4.37 Å². The number of aryl methyl sites for hydroxylation is 2. The molecular weight excluding hydrogens is 489 g/mol. The fraction of sp³-hybridized carbons (Fsp3) is 0.706. The van der Waals surface area contributed by atoms with E-state index in [1.54, 1.807) is 6.33 Å². The van der Waals surface area contributed by atoms with Gasteiger partial charge in [-0.05, 0) is 6.92 Å². The van der Waals surface area contributed by atoms with Crippen LogP contribution in [0, 0.1) is 0 Å². The van der Waals surface area contributed by atoms with E-state index in [4.69, 9.17) is 4.99 Å². The van der Waals surface area contributed by atoms with Gasteiger partial charge in [-0.25, -0.2) is 4.98 Å². The van der Waals surface area contributed by atoms with Crippen molar-refractivity contribution < 1.29 is 0 Å². The van der Waals surface area contributed by atoms with Crippen LogP contribution >= 0.6 is 35.5 Å². The van der Waals surface area contributed by atoms with Crippen LogP contribution in [0.25, 0.3) is 0 Å². The van der Waals surface area contributed by atoms with Crippen LogP contribution in [0.4, 0.5) is 5.13 Å². The number of hydrogen-bond acceptors (Lipinski definition) is 7. The second-order valence-electron chi connectivity index (χ2n) is 6.35. The molecule has 1 aliphatic heterocycles. The summed E-state index contributed by atoms with van der Waals surface area (Å²) in [5, 5.41) is 12.6. The fourth-order valence-corrected chi connectivity index (χ4v) is 3.86. The molecule has 0 saturated carbocycles. The lowest BCUT2D eigenvalue weighted by Crippen LogP contribution is -2.52. The summed E-state index contributed by atoms with van der Waals surface area (Å²) in [7, 11) is 0. The molecule has 3 heterocycles. The van der Waals surface area contributed by atoms with Crippen molar-refractivity contribution >= 4 is 46.6 Å². The summed E-state index contributed by atoms with van der Waals surface area (Å²) >= 11 is 1.50. The van der Waals surface area contributed by atoms with E-state index in [9.17, 15) is 0 Å². The van der Waals surface area contributed by atoms with E-state index in [1.165, 1.54) is 11.5 Å². The summed E-state index contributed by atoms with van der Waals surface area (Å²) in [5.74, 6) is 2.93. The number of aliphatic imine (C=N–C) groups is 1. The first kappa shape index (κ1) is 22.8. The quantitative estimate of drug-likeness (QED) is 0.338. The summed E-state index contributed by atoms with van der Waals surface area (Å²) in [5.41, 5.74) is 0. The van der Waals surface area contributed by atoms with Crippen molar-refractivity contribution in [2.24, 2.45) is 4.99 Å². The molecule has 0 amide bonds. The van der Waals surface area contributed by atoms with Crippen LogP contribution < -0.4 is 10.2 Å². The third-order valence-corrected chi connectivity index (χ3v) is 5.39. The van der Waals surface area contributed by atoms with Crippen LogP contribution in [0.3, 0.4) is 0 Å². The Labute approximate surface area is 187 Å². The summed E-state index contributed by atoms with van der Waals surface area (Å²) in [6.07, 6.45) is 3.56. The number of anilines is 1. The number of halogens is 1. The monoisotopic (exact) mass is 519 g/mol. The number of piperazine rings is 1. The van der Waals surface area contributed by atoms with E-state index < -0.39 is 0 Å². The second-order valence-corrected chi connectivity index (χ2v) is 7.08. The third-order valence-electron chi connectivity index (χ3n) is 4.57. The maximum atomic E-state index is 4.81. The average molecular weight is 519 g/mol. The average Bonchev–Trinajstić information content (AvgIpc) is 3.36. The smallest absolute Gasteiger partial charge is 0.205 e. The molecule has 2 aromatic heterocycles. The van der Waals surface area contributed by atoms with Gasteiger partial charge in [0.05, 0.1) is 6.54 Å². The Morgan fingerprint density at radius 1 is 1.18 bits per heavy atom. The molecule has 0 unspecified atom stereocenters. The van der Waals surface area contributed by atoms with Gasteiger partial charge in [0.15, 0.2) is 5.96 Å². The van der Waals surface area contributed by atoms with Crippen molar-refractivity contribution in [2.75, 3.05) is 44.2 Å². The highest BCUT2D eigenvalue weighted by molar-refractivity contribution is 14.0. The maximum absolute atomic E-state index is 4.81. The van der Waals surface area contributed by atoms with Crippen molar-refractivity contribution in [3.63, 3.8) is 0 Å². The van der Waals surface area contributed by atoms with Gasteiger partial charge in [0.25, 0.3) is 0 Å². The van der Waals surface area contributed by atoms with E-state index in [0.717, 1.165) is 74.9 Å². The number of nitrogens with zero attached hydrogens (tertiary/aromatic N) is 8. The first-order chi connectivity index (χ1) is 13.2. The largest absolute Gasteiger partial charge is 0.357 e. The van der Waals surface area contributed by atoms with Gasteiger partial charge >= 0.3 is 0 Å². The van der Waals surface area contributed by atoms with Crippen LogP contribution in [0.1, 0.15) is 32.4 Å². The topological polar surface area (TPSA) is 87.4 Å². The molecule has 1 saturated heterocycles. The molecule has 0 atom stereocenters. The highest BCUT2D eigenvalue weighted by Crippen LogP contribution is 2.19. The van der Waals surface area contributed by atoms with Gasteiger partial charge in [0.2, 0.25) is 5.13 Å². The highest BCUT2D eigenvalue weighted by Gasteiger charge is 2.22. The van der Waals surface area contributed by atoms with Gasteiger partial charge in [-0.3, -0.25) is 4.99 Å². The van der Waals surface area contributed by atoms with Crippen LogP contribution in [0.5, 0.6) is 0 Å². The van der Waals surface area contributed by atoms with E-state index in [-0.39, 0.29) is 24.0 Å². The molecule has 28 heavy (non-hydrogen) atoms. The minimum absolute atomic E-state index is 0. The molecule has 0 radical (unpaired) electrons. The molecule has 156 valence electrons. The van der Waals surface area contributed by atoms with Gasteiger partial charge in [-0.15, -0.1) is 34.2 Å². The highest BCUT2D eigenvalue weighted by atomic mass is 127. The Morgan fingerprint density at radius 2 is 1.96 bits per heavy atom. The second kappa shape index (κ2) is 11.5. The van der Waals surface area contributed by atoms with Gasteiger partial charge in [-0.1, -0.05) is 13.8 Å². The number of nitrogens with one attached hydrogen (secondary N) is 1. The van der Waals surface area contributed by atoms with E-state index >= 15 is 0 Å². The zero-order valence-corrected chi connectivity index (χ0v) is 20.0. The van der Waals surface area contributed by atoms with Crippen molar-refractivity contribution in [1.29, 1.82) is 0 Å². The molecule has 11 heteroatoms. The standard InChI is InChI=1S/C17H29N9S.HI/c1-4-14-21-17(27-23-14)25-11-9-24(10-12-25)16(18-6-3)19-7-8-26-13-20-22-15(26)5-2;/h13H,4-12H2,1-3H3,(H,18,19);1H. The summed E-state index contributed by atoms with van der Waals surface area (Å²) in [6, 6.07) is 0. The summed E-state index contributed by atoms with van der Waals surface area (Å²) in [6.45, 7) is 12.4. The molecule has 1 aliphatic rings. The van der Waals surface area contributed by atoms with Crippen LogP contribution in [-0.2, 0) is 19.4 Å². The Balaban J connectivity index is 0.00000280. The molecule has 0 bridgehead atoms. The molecule has 0 aromatic carbocycles. The molecule has 0 spiro atoms. The summed E-state index contributed by atoms with van der Waals surface area (Å²) in [4.78, 5) is 14.1. The zero-order chi connectivity index (χ0) is 19.1.